The summed E-state index contributed by atoms with van der Waals surface area (Å²) < 4.78 is 6.59. The van der Waals surface area contributed by atoms with Gasteiger partial charge in [-0.15, -0.1) is 0 Å². The maximum absolute atomic E-state index is 9.52. The number of halogens is 1. The van der Waals surface area contributed by atoms with E-state index in [1.165, 1.54) is 0 Å². The lowest BCUT2D eigenvalue weighted by atomic mass is 9.99. The molecule has 1 unspecified atom stereocenters. The van der Waals surface area contributed by atoms with Crippen molar-refractivity contribution in [1.82, 2.24) is 5.32 Å². The maximum Gasteiger partial charge on any atom is 0.120 e. The normalized spacial score (nSPS) is 13.5. The summed E-state index contributed by atoms with van der Waals surface area (Å²) in [6.07, 6.45) is -0.395. The van der Waals surface area contributed by atoms with Crippen LogP contribution < -0.4 is 10.1 Å². The fourth-order valence-corrected chi connectivity index (χ4v) is 1.62. The zero-order valence-electron chi connectivity index (χ0n) is 10.5. The van der Waals surface area contributed by atoms with Crippen molar-refractivity contribution in [3.05, 3.63) is 28.7 Å². The SMILES string of the molecule is CC(O)C(C)(C)NCCOc1cccc(Br)c1. The number of aliphatic hydroxyl groups is 1. The molecular formula is C13H20BrNO2. The van der Waals surface area contributed by atoms with Gasteiger partial charge in [0, 0.05) is 16.6 Å². The predicted molar refractivity (Wildman–Crippen MR) is 73.4 cm³/mol. The highest BCUT2D eigenvalue weighted by atomic mass is 79.9. The van der Waals surface area contributed by atoms with Crippen LogP contribution in [0.1, 0.15) is 20.8 Å². The molecule has 1 aromatic carbocycles. The summed E-state index contributed by atoms with van der Waals surface area (Å²) >= 11 is 3.39. The van der Waals surface area contributed by atoms with Crippen LogP contribution >= 0.6 is 15.9 Å². The predicted octanol–water partition coefficient (Wildman–Crippen LogP) is 2.58. The van der Waals surface area contributed by atoms with Crippen molar-refractivity contribution in [1.29, 1.82) is 0 Å². The van der Waals surface area contributed by atoms with Crippen LogP contribution in [0.15, 0.2) is 28.7 Å². The van der Waals surface area contributed by atoms with E-state index in [2.05, 4.69) is 21.2 Å². The molecule has 1 atom stereocenters. The largest absolute Gasteiger partial charge is 0.492 e. The zero-order valence-corrected chi connectivity index (χ0v) is 12.1. The van der Waals surface area contributed by atoms with Crippen molar-refractivity contribution in [2.24, 2.45) is 0 Å². The van der Waals surface area contributed by atoms with E-state index in [0.29, 0.717) is 13.2 Å². The lowest BCUT2D eigenvalue weighted by Gasteiger charge is -2.29. The fourth-order valence-electron chi connectivity index (χ4n) is 1.25. The zero-order chi connectivity index (χ0) is 12.9. The first-order chi connectivity index (χ1) is 7.92. The first-order valence-electron chi connectivity index (χ1n) is 5.73. The lowest BCUT2D eigenvalue weighted by Crippen LogP contribution is -2.49. The molecule has 0 saturated carbocycles. The number of benzene rings is 1. The Morgan fingerprint density at radius 1 is 1.47 bits per heavy atom. The van der Waals surface area contributed by atoms with Crippen LogP contribution in [0.5, 0.6) is 5.75 Å². The van der Waals surface area contributed by atoms with Crippen LogP contribution in [-0.4, -0.2) is 29.9 Å². The Morgan fingerprint density at radius 3 is 2.76 bits per heavy atom. The van der Waals surface area contributed by atoms with Crippen LogP contribution in [-0.2, 0) is 0 Å². The molecule has 96 valence electrons. The quantitative estimate of drug-likeness (QED) is 0.794. The first kappa shape index (κ1) is 14.5. The molecule has 0 aliphatic heterocycles. The van der Waals surface area contributed by atoms with E-state index in [9.17, 15) is 5.11 Å². The van der Waals surface area contributed by atoms with E-state index in [1.807, 2.05) is 38.1 Å². The molecule has 0 fully saturated rings. The third-order valence-electron chi connectivity index (χ3n) is 2.79. The van der Waals surface area contributed by atoms with Gasteiger partial charge in [-0.2, -0.15) is 0 Å². The van der Waals surface area contributed by atoms with Gasteiger partial charge in [0.25, 0.3) is 0 Å². The molecule has 0 bridgehead atoms. The second kappa shape index (κ2) is 6.38. The average molecular weight is 302 g/mol. The minimum Gasteiger partial charge on any atom is -0.492 e. The first-order valence-corrected chi connectivity index (χ1v) is 6.52. The highest BCUT2D eigenvalue weighted by Gasteiger charge is 2.22. The van der Waals surface area contributed by atoms with Crippen molar-refractivity contribution < 1.29 is 9.84 Å². The van der Waals surface area contributed by atoms with Gasteiger partial charge in [0.15, 0.2) is 0 Å². The van der Waals surface area contributed by atoms with E-state index in [1.54, 1.807) is 6.92 Å². The Bertz CT molecular complexity index is 353. The number of hydrogen-bond donors (Lipinski definition) is 2. The van der Waals surface area contributed by atoms with Crippen LogP contribution in [0.3, 0.4) is 0 Å². The van der Waals surface area contributed by atoms with Gasteiger partial charge < -0.3 is 15.2 Å². The molecule has 0 spiro atoms. The summed E-state index contributed by atoms with van der Waals surface area (Å²) in [6, 6.07) is 7.75. The molecular weight excluding hydrogens is 282 g/mol. The van der Waals surface area contributed by atoms with Crippen molar-refractivity contribution in [2.45, 2.75) is 32.4 Å². The standard InChI is InChI=1S/C13H20BrNO2/c1-10(16)13(2,3)15-7-8-17-12-6-4-5-11(14)9-12/h4-6,9-10,15-16H,7-8H2,1-3H3. The van der Waals surface area contributed by atoms with Gasteiger partial charge in [0.1, 0.15) is 12.4 Å². The third-order valence-corrected chi connectivity index (χ3v) is 3.29. The monoisotopic (exact) mass is 301 g/mol. The van der Waals surface area contributed by atoms with Gasteiger partial charge in [-0.1, -0.05) is 22.0 Å². The van der Waals surface area contributed by atoms with Gasteiger partial charge in [0.05, 0.1) is 6.10 Å². The molecule has 2 N–H and O–H groups in total. The maximum atomic E-state index is 9.52. The fraction of sp³-hybridized carbons (Fsp3) is 0.538. The minimum atomic E-state index is -0.395. The topological polar surface area (TPSA) is 41.5 Å². The van der Waals surface area contributed by atoms with Crippen LogP contribution in [0.2, 0.25) is 0 Å². The Kier molecular flexibility index (Phi) is 5.43. The molecule has 0 saturated heterocycles. The van der Waals surface area contributed by atoms with Crippen molar-refractivity contribution in [2.75, 3.05) is 13.2 Å². The Balaban J connectivity index is 2.29. The van der Waals surface area contributed by atoms with E-state index in [0.717, 1.165) is 10.2 Å². The summed E-state index contributed by atoms with van der Waals surface area (Å²) in [6.45, 7) is 6.99. The average Bonchev–Trinajstić information content (AvgIpc) is 2.24. The van der Waals surface area contributed by atoms with Crippen molar-refractivity contribution in [3.63, 3.8) is 0 Å². The number of nitrogens with one attached hydrogen (secondary N) is 1. The van der Waals surface area contributed by atoms with Crippen molar-refractivity contribution >= 4 is 15.9 Å². The molecule has 0 radical (unpaired) electrons. The highest BCUT2D eigenvalue weighted by Crippen LogP contribution is 2.17. The summed E-state index contributed by atoms with van der Waals surface area (Å²) in [5, 5.41) is 12.8. The third kappa shape index (κ3) is 5.06. The minimum absolute atomic E-state index is 0.291. The molecule has 17 heavy (non-hydrogen) atoms. The van der Waals surface area contributed by atoms with Crippen LogP contribution in [0, 0.1) is 0 Å². The molecule has 4 heteroatoms. The number of ether oxygens (including phenoxy) is 1. The number of aliphatic hydroxyl groups excluding tert-OH is 1. The molecule has 3 nitrogen and oxygen atoms in total. The van der Waals surface area contributed by atoms with Gasteiger partial charge in [0.2, 0.25) is 0 Å². The Hall–Kier alpha value is -0.580. The Morgan fingerprint density at radius 2 is 2.18 bits per heavy atom. The number of rotatable bonds is 6. The second-order valence-electron chi connectivity index (χ2n) is 4.63. The van der Waals surface area contributed by atoms with Gasteiger partial charge in [-0.3, -0.25) is 0 Å². The summed E-state index contributed by atoms with van der Waals surface area (Å²) in [5.41, 5.74) is -0.291. The molecule has 0 aliphatic rings. The molecule has 0 aliphatic carbocycles. The smallest absolute Gasteiger partial charge is 0.120 e. The van der Waals surface area contributed by atoms with Crippen LogP contribution in [0.25, 0.3) is 0 Å². The van der Waals surface area contributed by atoms with Crippen molar-refractivity contribution in [3.8, 4) is 5.75 Å². The van der Waals surface area contributed by atoms with Gasteiger partial charge in [-0.05, 0) is 39.0 Å². The molecule has 1 aromatic rings. The van der Waals surface area contributed by atoms with E-state index < -0.39 is 6.10 Å². The van der Waals surface area contributed by atoms with E-state index in [4.69, 9.17) is 4.74 Å². The summed E-state index contributed by atoms with van der Waals surface area (Å²) in [4.78, 5) is 0. The van der Waals surface area contributed by atoms with Crippen LogP contribution in [0.4, 0.5) is 0 Å². The molecule has 0 heterocycles. The molecule has 1 rings (SSSR count). The molecule has 0 amide bonds. The van der Waals surface area contributed by atoms with E-state index >= 15 is 0 Å². The lowest BCUT2D eigenvalue weighted by molar-refractivity contribution is 0.0937. The Labute approximate surface area is 111 Å². The molecule has 0 aromatic heterocycles. The second-order valence-corrected chi connectivity index (χ2v) is 5.55. The van der Waals surface area contributed by atoms with Gasteiger partial charge in [-0.25, -0.2) is 0 Å². The van der Waals surface area contributed by atoms with E-state index in [-0.39, 0.29) is 5.54 Å². The van der Waals surface area contributed by atoms with Gasteiger partial charge >= 0.3 is 0 Å². The summed E-state index contributed by atoms with van der Waals surface area (Å²) in [7, 11) is 0. The number of hydrogen-bond acceptors (Lipinski definition) is 3. The summed E-state index contributed by atoms with van der Waals surface area (Å²) in [5.74, 6) is 0.844. The highest BCUT2D eigenvalue weighted by molar-refractivity contribution is 9.10.